The van der Waals surface area contributed by atoms with Gasteiger partial charge in [-0.15, -0.1) is 0 Å². The van der Waals surface area contributed by atoms with Crippen molar-refractivity contribution < 1.29 is 5.11 Å². The van der Waals surface area contributed by atoms with Gasteiger partial charge >= 0.3 is 0 Å². The van der Waals surface area contributed by atoms with Crippen molar-refractivity contribution in [2.75, 3.05) is 11.5 Å². The van der Waals surface area contributed by atoms with Gasteiger partial charge in [-0.05, 0) is 38.4 Å². The largest absolute Gasteiger partial charge is 0.390 e. The van der Waals surface area contributed by atoms with Crippen LogP contribution >= 0.6 is 11.8 Å². The van der Waals surface area contributed by atoms with Crippen molar-refractivity contribution in [3.63, 3.8) is 0 Å². The first-order valence-electron chi connectivity index (χ1n) is 4.88. The maximum atomic E-state index is 9.47. The molecule has 0 bridgehead atoms. The SMILES string of the molecule is CC(C)(O)CSCC1CCCC1. The van der Waals surface area contributed by atoms with E-state index >= 15 is 0 Å². The van der Waals surface area contributed by atoms with Crippen LogP contribution in [-0.4, -0.2) is 22.2 Å². The van der Waals surface area contributed by atoms with E-state index in [1.54, 1.807) is 0 Å². The lowest BCUT2D eigenvalue weighted by molar-refractivity contribution is 0.107. The first kappa shape index (κ1) is 10.4. The molecule has 1 N–H and O–H groups in total. The zero-order chi connectivity index (χ0) is 9.03. The van der Waals surface area contributed by atoms with E-state index < -0.39 is 5.60 Å². The summed E-state index contributed by atoms with van der Waals surface area (Å²) in [7, 11) is 0. The zero-order valence-electron chi connectivity index (χ0n) is 8.18. The van der Waals surface area contributed by atoms with Gasteiger partial charge in [-0.25, -0.2) is 0 Å². The summed E-state index contributed by atoms with van der Waals surface area (Å²) < 4.78 is 0. The van der Waals surface area contributed by atoms with Gasteiger partial charge in [0.05, 0.1) is 5.60 Å². The molecule has 0 saturated heterocycles. The number of hydrogen-bond donors (Lipinski definition) is 1. The topological polar surface area (TPSA) is 20.2 Å². The molecule has 2 heteroatoms. The third-order valence-electron chi connectivity index (χ3n) is 2.28. The monoisotopic (exact) mass is 188 g/mol. The van der Waals surface area contributed by atoms with Crippen molar-refractivity contribution in [2.24, 2.45) is 5.92 Å². The van der Waals surface area contributed by atoms with Crippen LogP contribution in [0.3, 0.4) is 0 Å². The van der Waals surface area contributed by atoms with Crippen molar-refractivity contribution in [1.29, 1.82) is 0 Å². The molecule has 0 aromatic heterocycles. The molecule has 1 rings (SSSR count). The molecule has 0 atom stereocenters. The summed E-state index contributed by atoms with van der Waals surface area (Å²) in [6, 6.07) is 0. The average Bonchev–Trinajstić information content (AvgIpc) is 2.36. The van der Waals surface area contributed by atoms with Crippen LogP contribution in [0.1, 0.15) is 39.5 Å². The Balaban J connectivity index is 2.02. The highest BCUT2D eigenvalue weighted by Crippen LogP contribution is 2.28. The van der Waals surface area contributed by atoms with Gasteiger partial charge < -0.3 is 5.11 Å². The fourth-order valence-electron chi connectivity index (χ4n) is 1.65. The van der Waals surface area contributed by atoms with E-state index in [0.717, 1.165) is 11.7 Å². The van der Waals surface area contributed by atoms with Gasteiger partial charge in [0.25, 0.3) is 0 Å². The summed E-state index contributed by atoms with van der Waals surface area (Å²) in [4.78, 5) is 0. The lowest BCUT2D eigenvalue weighted by atomic mass is 10.1. The minimum Gasteiger partial charge on any atom is -0.390 e. The van der Waals surface area contributed by atoms with Crippen LogP contribution in [0.15, 0.2) is 0 Å². The van der Waals surface area contributed by atoms with E-state index in [9.17, 15) is 5.11 Å². The normalized spacial score (nSPS) is 20.2. The summed E-state index contributed by atoms with van der Waals surface area (Å²) >= 11 is 1.91. The van der Waals surface area contributed by atoms with Crippen molar-refractivity contribution in [1.82, 2.24) is 0 Å². The summed E-state index contributed by atoms with van der Waals surface area (Å²) in [6.07, 6.45) is 5.68. The highest BCUT2D eigenvalue weighted by atomic mass is 32.2. The summed E-state index contributed by atoms with van der Waals surface area (Å²) in [6.45, 7) is 3.77. The van der Waals surface area contributed by atoms with Crippen LogP contribution in [0.25, 0.3) is 0 Å². The lowest BCUT2D eigenvalue weighted by Gasteiger charge is -2.17. The van der Waals surface area contributed by atoms with Crippen LogP contribution in [0.5, 0.6) is 0 Å². The van der Waals surface area contributed by atoms with Gasteiger partial charge in [-0.3, -0.25) is 0 Å². The van der Waals surface area contributed by atoms with Gasteiger partial charge in [0, 0.05) is 5.75 Å². The minimum absolute atomic E-state index is 0.483. The molecule has 1 fully saturated rings. The van der Waals surface area contributed by atoms with E-state index in [1.807, 2.05) is 25.6 Å². The molecule has 1 aliphatic rings. The molecule has 0 heterocycles. The van der Waals surface area contributed by atoms with Crippen LogP contribution in [0.2, 0.25) is 0 Å². The number of rotatable bonds is 4. The quantitative estimate of drug-likeness (QED) is 0.732. The Morgan fingerprint density at radius 1 is 1.33 bits per heavy atom. The fraction of sp³-hybridized carbons (Fsp3) is 1.00. The van der Waals surface area contributed by atoms with E-state index in [2.05, 4.69) is 0 Å². The van der Waals surface area contributed by atoms with Crippen LogP contribution < -0.4 is 0 Å². The first-order valence-corrected chi connectivity index (χ1v) is 6.03. The predicted octanol–water partition coefficient (Wildman–Crippen LogP) is 2.68. The average molecular weight is 188 g/mol. The molecule has 12 heavy (non-hydrogen) atoms. The third-order valence-corrected chi connectivity index (χ3v) is 3.90. The molecule has 0 unspecified atom stereocenters. The van der Waals surface area contributed by atoms with Crippen LogP contribution in [0, 0.1) is 5.92 Å². The second-order valence-electron chi connectivity index (χ2n) is 4.48. The Hall–Kier alpha value is 0.310. The van der Waals surface area contributed by atoms with Crippen molar-refractivity contribution in [3.05, 3.63) is 0 Å². The minimum atomic E-state index is -0.483. The Bertz CT molecular complexity index is 122. The molecule has 0 spiro atoms. The second-order valence-corrected chi connectivity index (χ2v) is 5.51. The second kappa shape index (κ2) is 4.52. The molecular weight excluding hydrogens is 168 g/mol. The van der Waals surface area contributed by atoms with Crippen LogP contribution in [0.4, 0.5) is 0 Å². The Morgan fingerprint density at radius 3 is 2.42 bits per heavy atom. The van der Waals surface area contributed by atoms with E-state index in [-0.39, 0.29) is 0 Å². The molecule has 0 aromatic rings. The summed E-state index contributed by atoms with van der Waals surface area (Å²) in [5, 5.41) is 9.47. The number of hydrogen-bond acceptors (Lipinski definition) is 2. The van der Waals surface area contributed by atoms with E-state index in [0.29, 0.717) is 0 Å². The van der Waals surface area contributed by atoms with E-state index in [4.69, 9.17) is 0 Å². The molecule has 1 nitrogen and oxygen atoms in total. The van der Waals surface area contributed by atoms with Gasteiger partial charge in [0.15, 0.2) is 0 Å². The first-order chi connectivity index (χ1) is 5.58. The van der Waals surface area contributed by atoms with Gasteiger partial charge in [0.1, 0.15) is 0 Å². The molecule has 0 amide bonds. The fourth-order valence-corrected chi connectivity index (χ4v) is 2.94. The molecular formula is C10H20OS. The maximum Gasteiger partial charge on any atom is 0.0681 e. The Kier molecular flexibility index (Phi) is 3.91. The third kappa shape index (κ3) is 4.36. The molecule has 1 saturated carbocycles. The lowest BCUT2D eigenvalue weighted by Crippen LogP contribution is -2.22. The number of thioether (sulfide) groups is 1. The molecule has 0 aromatic carbocycles. The predicted molar refractivity (Wildman–Crippen MR) is 55.6 cm³/mol. The standard InChI is InChI=1S/C10H20OS/c1-10(2,11)8-12-7-9-5-3-4-6-9/h9,11H,3-8H2,1-2H3. The zero-order valence-corrected chi connectivity index (χ0v) is 8.99. The maximum absolute atomic E-state index is 9.47. The Labute approximate surface area is 79.9 Å². The molecule has 0 aliphatic heterocycles. The van der Waals surface area contributed by atoms with E-state index in [1.165, 1.54) is 31.4 Å². The summed E-state index contributed by atoms with van der Waals surface area (Å²) in [5.41, 5.74) is -0.483. The van der Waals surface area contributed by atoms with Crippen LogP contribution in [-0.2, 0) is 0 Å². The Morgan fingerprint density at radius 2 is 1.92 bits per heavy atom. The van der Waals surface area contributed by atoms with Gasteiger partial charge in [0.2, 0.25) is 0 Å². The highest BCUT2D eigenvalue weighted by molar-refractivity contribution is 7.99. The van der Waals surface area contributed by atoms with Crippen molar-refractivity contribution in [2.45, 2.75) is 45.1 Å². The van der Waals surface area contributed by atoms with Gasteiger partial charge in [-0.1, -0.05) is 12.8 Å². The number of aliphatic hydroxyl groups is 1. The molecule has 0 radical (unpaired) electrons. The van der Waals surface area contributed by atoms with Crippen molar-refractivity contribution in [3.8, 4) is 0 Å². The van der Waals surface area contributed by atoms with Gasteiger partial charge in [-0.2, -0.15) is 11.8 Å². The van der Waals surface area contributed by atoms with Crippen molar-refractivity contribution >= 4 is 11.8 Å². The smallest absolute Gasteiger partial charge is 0.0681 e. The molecule has 1 aliphatic carbocycles. The molecule has 72 valence electrons. The highest BCUT2D eigenvalue weighted by Gasteiger charge is 2.17. The summed E-state index contributed by atoms with van der Waals surface area (Å²) in [5.74, 6) is 3.07.